The molecule has 3 rings (SSSR count). The molecule has 5 heteroatoms. The van der Waals surface area contributed by atoms with Crippen LogP contribution >= 0.6 is 15.9 Å². The molecule has 1 aliphatic heterocycles. The Kier molecular flexibility index (Phi) is 2.64. The Morgan fingerprint density at radius 3 is 2.76 bits per heavy atom. The van der Waals surface area contributed by atoms with E-state index in [1.165, 1.54) is 5.56 Å². The molecule has 1 aromatic heterocycles. The molecule has 0 fully saturated rings. The normalized spacial score (nSPS) is 14.6. The van der Waals surface area contributed by atoms with Crippen LogP contribution < -0.4 is 11.1 Å². The topological polar surface area (TPSA) is 55.9 Å². The lowest BCUT2D eigenvalue weighted by atomic mass is 10.1. The Hall–Kier alpha value is -1.33. The number of rotatable bonds is 1. The minimum absolute atomic E-state index is 0.767. The molecule has 0 atom stereocenters. The highest BCUT2D eigenvalue weighted by Crippen LogP contribution is 2.24. The summed E-state index contributed by atoms with van der Waals surface area (Å²) in [7, 11) is 0. The zero-order valence-corrected chi connectivity index (χ0v) is 10.9. The second kappa shape index (κ2) is 4.16. The van der Waals surface area contributed by atoms with Gasteiger partial charge in [-0.15, -0.1) is 0 Å². The van der Waals surface area contributed by atoms with Crippen LogP contribution in [0, 0.1) is 0 Å². The van der Waals surface area contributed by atoms with Crippen molar-refractivity contribution in [1.82, 2.24) is 15.1 Å². The highest BCUT2D eigenvalue weighted by atomic mass is 79.9. The predicted octanol–water partition coefficient (Wildman–Crippen LogP) is 1.86. The first kappa shape index (κ1) is 10.8. The van der Waals surface area contributed by atoms with E-state index in [2.05, 4.69) is 26.3 Å². The molecule has 4 nitrogen and oxygen atoms in total. The Morgan fingerprint density at radius 2 is 2.06 bits per heavy atom. The summed E-state index contributed by atoms with van der Waals surface area (Å²) in [5, 5.41) is 7.87. The lowest BCUT2D eigenvalue weighted by Gasteiger charge is -2.10. The van der Waals surface area contributed by atoms with Gasteiger partial charge in [-0.05, 0) is 37.2 Å². The quantitative estimate of drug-likeness (QED) is 0.844. The fourth-order valence-electron chi connectivity index (χ4n) is 2.12. The largest absolute Gasteiger partial charge is 0.383 e. The third kappa shape index (κ3) is 1.85. The summed E-state index contributed by atoms with van der Waals surface area (Å²) in [5.41, 5.74) is 9.41. The van der Waals surface area contributed by atoms with E-state index in [9.17, 15) is 0 Å². The number of anilines is 1. The summed E-state index contributed by atoms with van der Waals surface area (Å²) < 4.78 is 2.88. The van der Waals surface area contributed by atoms with E-state index in [1.54, 1.807) is 0 Å². The fraction of sp³-hybridized carbons (Fsp3) is 0.250. The summed E-state index contributed by atoms with van der Waals surface area (Å²) in [4.78, 5) is 0. The van der Waals surface area contributed by atoms with Crippen LogP contribution in [0.15, 0.2) is 28.7 Å². The van der Waals surface area contributed by atoms with Gasteiger partial charge in [-0.2, -0.15) is 5.10 Å². The number of fused-ring (bicyclic) bond motifs is 1. The van der Waals surface area contributed by atoms with Crippen molar-refractivity contribution in [3.05, 3.63) is 40.0 Å². The van der Waals surface area contributed by atoms with Crippen LogP contribution in [0.2, 0.25) is 0 Å². The summed E-state index contributed by atoms with van der Waals surface area (Å²) in [6.45, 7) is 1.78. The van der Waals surface area contributed by atoms with Crippen LogP contribution in [-0.2, 0) is 13.0 Å². The minimum Gasteiger partial charge on any atom is -0.383 e. The fourth-order valence-corrected chi connectivity index (χ4v) is 2.39. The SMILES string of the molecule is Nc1c2c(nn1-c1ccc(Br)cc1)CNCC2. The van der Waals surface area contributed by atoms with Gasteiger partial charge in [0, 0.05) is 16.6 Å². The molecule has 0 spiro atoms. The molecule has 0 radical (unpaired) electrons. The smallest absolute Gasteiger partial charge is 0.130 e. The van der Waals surface area contributed by atoms with Gasteiger partial charge in [-0.25, -0.2) is 4.68 Å². The second-order valence-corrected chi connectivity index (χ2v) is 5.04. The highest BCUT2D eigenvalue weighted by Gasteiger charge is 2.18. The van der Waals surface area contributed by atoms with E-state index >= 15 is 0 Å². The minimum atomic E-state index is 0.767. The molecule has 1 aromatic carbocycles. The zero-order chi connectivity index (χ0) is 11.8. The number of nitrogens with one attached hydrogen (secondary N) is 1. The molecule has 2 aromatic rings. The molecule has 0 amide bonds. The molecule has 1 aliphatic rings. The summed E-state index contributed by atoms with van der Waals surface area (Å²) in [6, 6.07) is 8.00. The number of halogens is 1. The number of aromatic nitrogens is 2. The van der Waals surface area contributed by atoms with Gasteiger partial charge in [0.2, 0.25) is 0 Å². The molecule has 0 unspecified atom stereocenters. The van der Waals surface area contributed by atoms with Crippen molar-refractivity contribution < 1.29 is 0 Å². The van der Waals surface area contributed by atoms with Gasteiger partial charge < -0.3 is 11.1 Å². The van der Waals surface area contributed by atoms with Crippen molar-refractivity contribution in [2.75, 3.05) is 12.3 Å². The Morgan fingerprint density at radius 1 is 1.29 bits per heavy atom. The molecule has 0 aliphatic carbocycles. The van der Waals surface area contributed by atoms with Crippen LogP contribution in [0.3, 0.4) is 0 Å². The molecule has 0 saturated carbocycles. The summed E-state index contributed by atoms with van der Waals surface area (Å²) >= 11 is 3.42. The monoisotopic (exact) mass is 292 g/mol. The Bertz CT molecular complexity index is 544. The van der Waals surface area contributed by atoms with Gasteiger partial charge in [0.05, 0.1) is 11.4 Å². The van der Waals surface area contributed by atoms with Crippen molar-refractivity contribution in [3.8, 4) is 5.69 Å². The predicted molar refractivity (Wildman–Crippen MR) is 71.1 cm³/mol. The van der Waals surface area contributed by atoms with E-state index in [-0.39, 0.29) is 0 Å². The number of nitrogens with zero attached hydrogens (tertiary/aromatic N) is 2. The maximum absolute atomic E-state index is 6.16. The average molecular weight is 293 g/mol. The van der Waals surface area contributed by atoms with Gasteiger partial charge >= 0.3 is 0 Å². The van der Waals surface area contributed by atoms with Gasteiger partial charge in [0.25, 0.3) is 0 Å². The van der Waals surface area contributed by atoms with E-state index in [1.807, 2.05) is 28.9 Å². The maximum Gasteiger partial charge on any atom is 0.130 e. The lowest BCUT2D eigenvalue weighted by molar-refractivity contribution is 0.629. The van der Waals surface area contributed by atoms with Crippen LogP contribution in [0.4, 0.5) is 5.82 Å². The number of benzene rings is 1. The lowest BCUT2D eigenvalue weighted by Crippen LogP contribution is -2.23. The number of hydrogen-bond donors (Lipinski definition) is 2. The molecule has 3 N–H and O–H groups in total. The Labute approximate surface area is 108 Å². The van der Waals surface area contributed by atoms with Gasteiger partial charge in [0.1, 0.15) is 5.82 Å². The number of nitrogens with two attached hydrogens (primary N) is 1. The molecule has 0 bridgehead atoms. The summed E-state index contributed by atoms with van der Waals surface area (Å²) in [6.07, 6.45) is 0.956. The van der Waals surface area contributed by atoms with E-state index in [0.717, 1.165) is 41.2 Å². The first-order valence-corrected chi connectivity index (χ1v) is 6.38. The van der Waals surface area contributed by atoms with E-state index in [4.69, 9.17) is 5.73 Å². The molecular formula is C12H13BrN4. The number of hydrogen-bond acceptors (Lipinski definition) is 3. The second-order valence-electron chi connectivity index (χ2n) is 4.13. The van der Waals surface area contributed by atoms with Crippen molar-refractivity contribution in [1.29, 1.82) is 0 Å². The molecule has 2 heterocycles. The molecule has 0 saturated heterocycles. The first-order valence-electron chi connectivity index (χ1n) is 5.58. The van der Waals surface area contributed by atoms with Crippen molar-refractivity contribution in [2.24, 2.45) is 0 Å². The van der Waals surface area contributed by atoms with Crippen molar-refractivity contribution >= 4 is 21.7 Å². The molecular weight excluding hydrogens is 280 g/mol. The van der Waals surface area contributed by atoms with Gasteiger partial charge in [-0.3, -0.25) is 0 Å². The third-order valence-electron chi connectivity index (χ3n) is 3.02. The molecule has 88 valence electrons. The summed E-state index contributed by atoms with van der Waals surface area (Å²) in [5.74, 6) is 0.767. The van der Waals surface area contributed by atoms with E-state index in [0.29, 0.717) is 0 Å². The van der Waals surface area contributed by atoms with E-state index < -0.39 is 0 Å². The van der Waals surface area contributed by atoms with Crippen LogP contribution in [0.25, 0.3) is 5.69 Å². The van der Waals surface area contributed by atoms with Gasteiger partial charge in [-0.1, -0.05) is 15.9 Å². The molecule has 17 heavy (non-hydrogen) atoms. The number of nitrogen functional groups attached to an aromatic ring is 1. The average Bonchev–Trinajstić information content (AvgIpc) is 2.69. The first-order chi connectivity index (χ1) is 8.25. The van der Waals surface area contributed by atoms with Gasteiger partial charge in [0.15, 0.2) is 0 Å². The third-order valence-corrected chi connectivity index (χ3v) is 3.55. The Balaban J connectivity index is 2.09. The van der Waals surface area contributed by atoms with Crippen molar-refractivity contribution in [2.45, 2.75) is 13.0 Å². The van der Waals surface area contributed by atoms with Crippen molar-refractivity contribution in [3.63, 3.8) is 0 Å². The van der Waals surface area contributed by atoms with Crippen LogP contribution in [-0.4, -0.2) is 16.3 Å². The van der Waals surface area contributed by atoms with Crippen LogP contribution in [0.5, 0.6) is 0 Å². The van der Waals surface area contributed by atoms with Crippen LogP contribution in [0.1, 0.15) is 11.3 Å². The zero-order valence-electron chi connectivity index (χ0n) is 9.28. The standard InChI is InChI=1S/C12H13BrN4/c13-8-1-3-9(4-2-8)17-12(14)10-5-6-15-7-11(10)16-17/h1-4,15H,5-7,14H2. The highest BCUT2D eigenvalue weighted by molar-refractivity contribution is 9.10. The maximum atomic E-state index is 6.16.